The first-order chi connectivity index (χ1) is 10.3. The molecule has 3 rings (SSSR count). The lowest BCUT2D eigenvalue weighted by molar-refractivity contribution is 0.0357. The summed E-state index contributed by atoms with van der Waals surface area (Å²) in [4.78, 5) is 2.81. The third-order valence-corrected chi connectivity index (χ3v) is 5.69. The fourth-order valence-corrected chi connectivity index (χ4v) is 4.65. The zero-order valence-electron chi connectivity index (χ0n) is 12.8. The van der Waals surface area contributed by atoms with Crippen molar-refractivity contribution in [3.63, 3.8) is 0 Å². The van der Waals surface area contributed by atoms with Gasteiger partial charge in [0.2, 0.25) is 0 Å². The van der Waals surface area contributed by atoms with Gasteiger partial charge in [-0.1, -0.05) is 30.3 Å². The van der Waals surface area contributed by atoms with Crippen LogP contribution in [0, 0.1) is 6.92 Å². The van der Waals surface area contributed by atoms with Crippen LogP contribution in [0.5, 0.6) is 0 Å². The summed E-state index contributed by atoms with van der Waals surface area (Å²) in [6, 6.07) is 15.8. The van der Waals surface area contributed by atoms with Crippen LogP contribution in [0.15, 0.2) is 42.5 Å². The van der Waals surface area contributed by atoms with Crippen LogP contribution >= 0.6 is 11.3 Å². The van der Waals surface area contributed by atoms with Crippen molar-refractivity contribution in [2.24, 2.45) is 0 Å². The van der Waals surface area contributed by atoms with Gasteiger partial charge in [-0.05, 0) is 44.5 Å². The van der Waals surface area contributed by atoms with Crippen LogP contribution in [-0.2, 0) is 10.2 Å². The van der Waals surface area contributed by atoms with Gasteiger partial charge in [0, 0.05) is 28.4 Å². The predicted octanol–water partition coefficient (Wildman–Crippen LogP) is 4.07. The molecule has 3 heteroatoms. The molecular formula is C18H23NOS. The van der Waals surface area contributed by atoms with E-state index < -0.39 is 0 Å². The second-order valence-electron chi connectivity index (χ2n) is 5.80. The van der Waals surface area contributed by atoms with Crippen molar-refractivity contribution in [3.05, 3.63) is 57.8 Å². The maximum Gasteiger partial charge on any atom is 0.0512 e. The highest BCUT2D eigenvalue weighted by atomic mass is 32.1. The first kappa shape index (κ1) is 14.8. The topological polar surface area (TPSA) is 21.3 Å². The largest absolute Gasteiger partial charge is 0.381 e. The second-order valence-corrected chi connectivity index (χ2v) is 7.12. The fraction of sp³-hybridized carbons (Fsp3) is 0.444. The van der Waals surface area contributed by atoms with Crippen molar-refractivity contribution in [2.45, 2.75) is 31.2 Å². The van der Waals surface area contributed by atoms with Gasteiger partial charge in [0.25, 0.3) is 0 Å². The molecule has 1 N–H and O–H groups in total. The highest BCUT2D eigenvalue weighted by Crippen LogP contribution is 2.46. The second kappa shape index (κ2) is 6.30. The Morgan fingerprint density at radius 2 is 1.81 bits per heavy atom. The smallest absolute Gasteiger partial charge is 0.0512 e. The molecule has 1 unspecified atom stereocenters. The summed E-state index contributed by atoms with van der Waals surface area (Å²) in [5, 5.41) is 3.60. The minimum atomic E-state index is 0.131. The molecule has 2 nitrogen and oxygen atoms in total. The van der Waals surface area contributed by atoms with Gasteiger partial charge in [-0.2, -0.15) is 0 Å². The van der Waals surface area contributed by atoms with E-state index in [2.05, 4.69) is 61.8 Å². The maximum absolute atomic E-state index is 5.66. The Labute approximate surface area is 131 Å². The zero-order chi connectivity index (χ0) is 14.7. The summed E-state index contributed by atoms with van der Waals surface area (Å²) in [6.45, 7) is 3.87. The SMILES string of the molecule is CNC(c1ccc(C)s1)C1(c2ccccc2)CCOCC1. The summed E-state index contributed by atoms with van der Waals surface area (Å²) in [7, 11) is 2.08. The van der Waals surface area contributed by atoms with E-state index in [-0.39, 0.29) is 5.41 Å². The molecule has 1 aliphatic heterocycles. The Morgan fingerprint density at radius 3 is 2.38 bits per heavy atom. The molecule has 1 aliphatic rings. The number of hydrogen-bond donors (Lipinski definition) is 1. The average Bonchev–Trinajstić information content (AvgIpc) is 2.96. The van der Waals surface area contributed by atoms with Gasteiger partial charge in [-0.15, -0.1) is 11.3 Å². The normalized spacial score (nSPS) is 19.3. The van der Waals surface area contributed by atoms with E-state index in [9.17, 15) is 0 Å². The van der Waals surface area contributed by atoms with Gasteiger partial charge in [0.1, 0.15) is 0 Å². The minimum absolute atomic E-state index is 0.131. The van der Waals surface area contributed by atoms with Crippen molar-refractivity contribution in [2.75, 3.05) is 20.3 Å². The maximum atomic E-state index is 5.66. The van der Waals surface area contributed by atoms with Crippen LogP contribution in [0.1, 0.15) is 34.2 Å². The van der Waals surface area contributed by atoms with E-state index in [1.165, 1.54) is 15.3 Å². The lowest BCUT2D eigenvalue weighted by Gasteiger charge is -2.43. The van der Waals surface area contributed by atoms with Crippen LogP contribution in [-0.4, -0.2) is 20.3 Å². The highest BCUT2D eigenvalue weighted by Gasteiger charge is 2.42. The molecule has 1 fully saturated rings. The van der Waals surface area contributed by atoms with Gasteiger partial charge in [0.15, 0.2) is 0 Å². The molecule has 2 aromatic rings. The van der Waals surface area contributed by atoms with Crippen molar-refractivity contribution in [1.29, 1.82) is 0 Å². The van der Waals surface area contributed by atoms with E-state index in [1.807, 2.05) is 11.3 Å². The molecule has 21 heavy (non-hydrogen) atoms. The van der Waals surface area contributed by atoms with Crippen molar-refractivity contribution < 1.29 is 4.74 Å². The first-order valence-electron chi connectivity index (χ1n) is 7.63. The van der Waals surface area contributed by atoms with Crippen LogP contribution in [0.2, 0.25) is 0 Å². The Bertz CT molecular complexity index is 572. The van der Waals surface area contributed by atoms with Gasteiger partial charge in [-0.25, -0.2) is 0 Å². The number of thiophene rings is 1. The lowest BCUT2D eigenvalue weighted by Crippen LogP contribution is -2.44. The van der Waals surface area contributed by atoms with E-state index in [0.717, 1.165) is 26.1 Å². The van der Waals surface area contributed by atoms with Crippen molar-refractivity contribution >= 4 is 11.3 Å². The van der Waals surface area contributed by atoms with Crippen molar-refractivity contribution in [1.82, 2.24) is 5.32 Å². The molecule has 0 spiro atoms. The highest BCUT2D eigenvalue weighted by molar-refractivity contribution is 7.12. The van der Waals surface area contributed by atoms with Crippen LogP contribution in [0.4, 0.5) is 0 Å². The number of aryl methyl sites for hydroxylation is 1. The number of hydrogen-bond acceptors (Lipinski definition) is 3. The third kappa shape index (κ3) is 2.78. The monoisotopic (exact) mass is 301 g/mol. The Kier molecular flexibility index (Phi) is 4.43. The lowest BCUT2D eigenvalue weighted by atomic mass is 9.68. The summed E-state index contributed by atoms with van der Waals surface area (Å²) in [5.74, 6) is 0. The molecular weight excluding hydrogens is 278 g/mol. The van der Waals surface area contributed by atoms with Gasteiger partial charge >= 0.3 is 0 Å². The van der Waals surface area contributed by atoms with Gasteiger partial charge in [0.05, 0.1) is 6.04 Å². The third-order valence-electron chi connectivity index (χ3n) is 4.62. The first-order valence-corrected chi connectivity index (χ1v) is 8.45. The molecule has 1 aromatic heterocycles. The quantitative estimate of drug-likeness (QED) is 0.919. The molecule has 0 aliphatic carbocycles. The van der Waals surface area contributed by atoms with E-state index in [1.54, 1.807) is 0 Å². The fourth-order valence-electron chi connectivity index (χ4n) is 3.55. The molecule has 0 radical (unpaired) electrons. The Morgan fingerprint density at radius 1 is 1.10 bits per heavy atom. The predicted molar refractivity (Wildman–Crippen MR) is 89.0 cm³/mol. The summed E-state index contributed by atoms with van der Waals surface area (Å²) < 4.78 is 5.66. The standard InChI is InChI=1S/C18H23NOS/c1-14-8-9-16(21-14)17(19-2)18(10-12-20-13-11-18)15-6-4-3-5-7-15/h3-9,17,19H,10-13H2,1-2H3. The molecule has 0 bridgehead atoms. The summed E-state index contributed by atoms with van der Waals surface area (Å²) in [5.41, 5.74) is 1.56. The van der Waals surface area contributed by atoms with E-state index >= 15 is 0 Å². The van der Waals surface area contributed by atoms with Crippen molar-refractivity contribution in [3.8, 4) is 0 Å². The average molecular weight is 301 g/mol. The number of rotatable bonds is 4. The van der Waals surface area contributed by atoms with Gasteiger partial charge in [-0.3, -0.25) is 0 Å². The molecule has 112 valence electrons. The van der Waals surface area contributed by atoms with Crippen LogP contribution in [0.25, 0.3) is 0 Å². The van der Waals surface area contributed by atoms with Gasteiger partial charge < -0.3 is 10.1 Å². The van der Waals surface area contributed by atoms with Crippen LogP contribution in [0.3, 0.4) is 0 Å². The summed E-state index contributed by atoms with van der Waals surface area (Å²) in [6.07, 6.45) is 2.14. The Hall–Kier alpha value is -1.16. The van der Waals surface area contributed by atoms with Crippen LogP contribution < -0.4 is 5.32 Å². The molecule has 1 atom stereocenters. The molecule has 0 amide bonds. The molecule has 1 saturated heterocycles. The van der Waals surface area contributed by atoms with E-state index in [4.69, 9.17) is 4.74 Å². The minimum Gasteiger partial charge on any atom is -0.381 e. The van der Waals surface area contributed by atoms with E-state index in [0.29, 0.717) is 6.04 Å². The number of nitrogens with one attached hydrogen (secondary N) is 1. The number of ether oxygens (including phenoxy) is 1. The molecule has 0 saturated carbocycles. The summed E-state index contributed by atoms with van der Waals surface area (Å²) >= 11 is 1.90. The Balaban J connectivity index is 2.05. The zero-order valence-corrected chi connectivity index (χ0v) is 13.6. The molecule has 2 heterocycles. The number of benzene rings is 1. The molecule has 1 aromatic carbocycles. The number of likely N-dealkylation sites (N-methyl/N-ethyl adjacent to an activating group) is 1.